The van der Waals surface area contributed by atoms with Crippen LogP contribution >= 0.6 is 0 Å². The second-order valence-electron chi connectivity index (χ2n) is 9.46. The molecule has 0 amide bonds. The zero-order chi connectivity index (χ0) is 24.4. The number of carbonyl (C=O) groups is 1. The van der Waals surface area contributed by atoms with Crippen molar-refractivity contribution in [2.45, 2.75) is 58.2 Å². The van der Waals surface area contributed by atoms with E-state index in [4.69, 9.17) is 9.47 Å². The highest BCUT2D eigenvalue weighted by Gasteiger charge is 2.35. The number of nitrogens with zero attached hydrogens (tertiary/aromatic N) is 5. The van der Waals surface area contributed by atoms with Crippen molar-refractivity contribution in [2.75, 3.05) is 26.3 Å². The molecule has 4 heterocycles. The Labute approximate surface area is 203 Å². The molecule has 0 unspecified atom stereocenters. The van der Waals surface area contributed by atoms with Gasteiger partial charge in [0.25, 0.3) is 5.56 Å². The van der Waals surface area contributed by atoms with Crippen LogP contribution in [0.5, 0.6) is 0 Å². The predicted octanol–water partition coefficient (Wildman–Crippen LogP) is 2.37. The van der Waals surface area contributed by atoms with Gasteiger partial charge < -0.3 is 14.5 Å². The molecule has 0 spiro atoms. The lowest BCUT2D eigenvalue weighted by Gasteiger charge is -2.36. The molecule has 2 aromatic heterocycles. The Morgan fingerprint density at radius 2 is 2.09 bits per heavy atom. The van der Waals surface area contributed by atoms with Gasteiger partial charge in [0.15, 0.2) is 5.82 Å². The minimum absolute atomic E-state index is 0.0602. The normalized spacial score (nSPS) is 20.3. The Kier molecular flexibility index (Phi) is 6.92. The van der Waals surface area contributed by atoms with Gasteiger partial charge in [-0.25, -0.2) is 4.68 Å². The average molecular weight is 481 g/mol. The van der Waals surface area contributed by atoms with Crippen LogP contribution < -0.4 is 5.56 Å². The number of ether oxygens (including phenoxy) is 2. The predicted molar refractivity (Wildman–Crippen MR) is 129 cm³/mol. The molecule has 5 rings (SSSR count). The van der Waals surface area contributed by atoms with Crippen LogP contribution in [0.2, 0.25) is 0 Å². The maximum atomic E-state index is 13.4. The maximum absolute atomic E-state index is 13.4. The van der Waals surface area contributed by atoms with Crippen molar-refractivity contribution in [1.82, 2.24) is 30.1 Å². The number of rotatable bonds is 7. The van der Waals surface area contributed by atoms with Crippen LogP contribution in [0.15, 0.2) is 29.1 Å². The number of carbonyl (C=O) groups excluding carboxylic acids is 1. The first-order valence-electron chi connectivity index (χ1n) is 12.5. The number of aromatic nitrogens is 5. The van der Waals surface area contributed by atoms with Crippen LogP contribution in [0.1, 0.15) is 55.6 Å². The number of likely N-dealkylation sites (tertiary alicyclic amines) is 1. The molecule has 1 aromatic carbocycles. The number of benzene rings is 1. The van der Waals surface area contributed by atoms with Gasteiger partial charge in [-0.1, -0.05) is 11.6 Å². The van der Waals surface area contributed by atoms with Crippen LogP contribution in [0.25, 0.3) is 10.9 Å². The number of tetrazole rings is 1. The van der Waals surface area contributed by atoms with Crippen molar-refractivity contribution < 1.29 is 14.3 Å². The molecule has 2 atom stereocenters. The van der Waals surface area contributed by atoms with E-state index in [1.165, 1.54) is 0 Å². The third-order valence-corrected chi connectivity index (χ3v) is 7.04. The van der Waals surface area contributed by atoms with Crippen molar-refractivity contribution in [1.29, 1.82) is 0 Å². The van der Waals surface area contributed by atoms with Crippen LogP contribution in [0.3, 0.4) is 0 Å². The van der Waals surface area contributed by atoms with E-state index in [1.54, 1.807) is 4.68 Å². The van der Waals surface area contributed by atoms with Gasteiger partial charge >= 0.3 is 5.97 Å². The van der Waals surface area contributed by atoms with Crippen molar-refractivity contribution in [3.8, 4) is 0 Å². The van der Waals surface area contributed by atoms with Gasteiger partial charge in [0.2, 0.25) is 0 Å². The number of hydrogen-bond donors (Lipinski definition) is 1. The van der Waals surface area contributed by atoms with Crippen LogP contribution in [0.4, 0.5) is 0 Å². The monoisotopic (exact) mass is 480 g/mol. The summed E-state index contributed by atoms with van der Waals surface area (Å²) in [5.74, 6) is 0.339. The first-order valence-corrected chi connectivity index (χ1v) is 12.5. The standard InChI is InChI=1S/C25H32N6O4/c1-3-34-25(33)17-8-10-30(11-9-17)22(23-27-28-29-31(23)15-19-5-4-12-35-19)20-14-18-13-16(2)6-7-21(18)26-24(20)32/h6-7,13-14,17,19,22H,3-5,8-12,15H2,1-2H3,(H,26,32)/t19-,22-/m0/s1. The molecule has 2 aliphatic rings. The van der Waals surface area contributed by atoms with E-state index in [-0.39, 0.29) is 23.6 Å². The molecule has 0 radical (unpaired) electrons. The summed E-state index contributed by atoms with van der Waals surface area (Å²) in [6, 6.07) is 7.49. The smallest absolute Gasteiger partial charge is 0.309 e. The van der Waals surface area contributed by atoms with Crippen LogP contribution in [0, 0.1) is 12.8 Å². The summed E-state index contributed by atoms with van der Waals surface area (Å²) in [6.07, 6.45) is 3.37. The van der Waals surface area contributed by atoms with Crippen LogP contribution in [-0.4, -0.2) is 68.5 Å². The van der Waals surface area contributed by atoms with Gasteiger partial charge in [-0.3, -0.25) is 14.5 Å². The summed E-state index contributed by atoms with van der Waals surface area (Å²) in [7, 11) is 0. The van der Waals surface area contributed by atoms with Gasteiger partial charge in [-0.15, -0.1) is 5.10 Å². The minimum Gasteiger partial charge on any atom is -0.466 e. The molecule has 2 saturated heterocycles. The number of piperidine rings is 1. The molecule has 2 aliphatic heterocycles. The lowest BCUT2D eigenvalue weighted by Crippen LogP contribution is -2.42. The third kappa shape index (κ3) is 4.99. The SMILES string of the molecule is CCOC(=O)C1CCN([C@@H](c2cc3cc(C)ccc3[nH]c2=O)c2nnnn2C[C@@H]2CCCO2)CC1. The van der Waals surface area contributed by atoms with E-state index in [2.05, 4.69) is 31.5 Å². The molecular formula is C25H32N6O4. The first kappa shape index (κ1) is 23.6. The summed E-state index contributed by atoms with van der Waals surface area (Å²) >= 11 is 0. The Hall–Kier alpha value is -3.11. The van der Waals surface area contributed by atoms with E-state index >= 15 is 0 Å². The number of esters is 1. The fourth-order valence-corrected chi connectivity index (χ4v) is 5.22. The number of pyridine rings is 1. The van der Waals surface area contributed by atoms with E-state index in [1.807, 2.05) is 32.0 Å². The minimum atomic E-state index is -0.441. The highest BCUT2D eigenvalue weighted by molar-refractivity contribution is 5.79. The number of aromatic amines is 1. The van der Waals surface area contributed by atoms with Gasteiger partial charge in [-0.2, -0.15) is 0 Å². The number of fused-ring (bicyclic) bond motifs is 1. The first-order chi connectivity index (χ1) is 17.0. The number of aryl methyl sites for hydroxylation is 1. The molecular weight excluding hydrogens is 448 g/mol. The molecule has 0 aliphatic carbocycles. The number of H-pyrrole nitrogens is 1. The second-order valence-corrected chi connectivity index (χ2v) is 9.46. The molecule has 10 heteroatoms. The number of nitrogens with one attached hydrogen (secondary N) is 1. The van der Waals surface area contributed by atoms with Crippen LogP contribution in [-0.2, 0) is 20.8 Å². The topological polar surface area (TPSA) is 115 Å². The summed E-state index contributed by atoms with van der Waals surface area (Å²) in [6.45, 7) is 6.79. The highest BCUT2D eigenvalue weighted by atomic mass is 16.5. The largest absolute Gasteiger partial charge is 0.466 e. The van der Waals surface area contributed by atoms with Crippen molar-refractivity contribution in [3.63, 3.8) is 0 Å². The Morgan fingerprint density at radius 3 is 2.83 bits per heavy atom. The van der Waals surface area contributed by atoms with E-state index in [0.29, 0.717) is 50.5 Å². The van der Waals surface area contributed by atoms with Gasteiger partial charge in [0, 0.05) is 30.8 Å². The molecule has 0 saturated carbocycles. The zero-order valence-corrected chi connectivity index (χ0v) is 20.3. The second kappa shape index (κ2) is 10.2. The van der Waals surface area contributed by atoms with Gasteiger partial charge in [-0.05, 0) is 73.5 Å². The third-order valence-electron chi connectivity index (χ3n) is 7.04. The molecule has 2 fully saturated rings. The fraction of sp³-hybridized carbons (Fsp3) is 0.560. The Balaban J connectivity index is 1.52. The molecule has 0 bridgehead atoms. The Bertz CT molecular complexity index is 1240. The van der Waals surface area contributed by atoms with E-state index in [9.17, 15) is 9.59 Å². The van der Waals surface area contributed by atoms with E-state index in [0.717, 1.165) is 35.9 Å². The van der Waals surface area contributed by atoms with Crippen molar-refractivity contribution >= 4 is 16.9 Å². The fourth-order valence-electron chi connectivity index (χ4n) is 5.22. The lowest BCUT2D eigenvalue weighted by molar-refractivity contribution is -0.149. The summed E-state index contributed by atoms with van der Waals surface area (Å²) in [5.41, 5.74) is 2.35. The van der Waals surface area contributed by atoms with Gasteiger partial charge in [0.05, 0.1) is 25.2 Å². The molecule has 10 nitrogen and oxygen atoms in total. The highest BCUT2D eigenvalue weighted by Crippen LogP contribution is 2.32. The molecule has 35 heavy (non-hydrogen) atoms. The zero-order valence-electron chi connectivity index (χ0n) is 20.3. The average Bonchev–Trinajstić information content (AvgIpc) is 3.53. The summed E-state index contributed by atoms with van der Waals surface area (Å²) in [5, 5.41) is 13.6. The maximum Gasteiger partial charge on any atom is 0.309 e. The summed E-state index contributed by atoms with van der Waals surface area (Å²) in [4.78, 5) is 30.9. The molecule has 3 aromatic rings. The quantitative estimate of drug-likeness (QED) is 0.513. The molecule has 1 N–H and O–H groups in total. The van der Waals surface area contributed by atoms with Gasteiger partial charge in [0.1, 0.15) is 6.04 Å². The molecule has 186 valence electrons. The Morgan fingerprint density at radius 1 is 1.26 bits per heavy atom. The summed E-state index contributed by atoms with van der Waals surface area (Å²) < 4.78 is 12.8. The van der Waals surface area contributed by atoms with Crippen molar-refractivity contribution in [2.24, 2.45) is 5.92 Å². The number of hydrogen-bond acceptors (Lipinski definition) is 8. The lowest BCUT2D eigenvalue weighted by atomic mass is 9.93. The van der Waals surface area contributed by atoms with Crippen molar-refractivity contribution in [3.05, 3.63) is 51.6 Å². The van der Waals surface area contributed by atoms with E-state index < -0.39 is 6.04 Å².